The van der Waals surface area contributed by atoms with Gasteiger partial charge in [-0.25, -0.2) is 0 Å². The highest BCUT2D eigenvalue weighted by molar-refractivity contribution is 5.83. The Balaban J connectivity index is 1.66. The van der Waals surface area contributed by atoms with Gasteiger partial charge in [0.05, 0.1) is 6.04 Å². The number of hydrogen-bond donors (Lipinski definition) is 1. The molecule has 0 aromatic rings. The van der Waals surface area contributed by atoms with Gasteiger partial charge >= 0.3 is 0 Å². The minimum atomic E-state index is 0.0177. The van der Waals surface area contributed by atoms with Gasteiger partial charge in [0.25, 0.3) is 0 Å². The summed E-state index contributed by atoms with van der Waals surface area (Å²) in [4.78, 5) is 17.6. The smallest absolute Gasteiger partial charge is 0.240 e. The van der Waals surface area contributed by atoms with Crippen molar-refractivity contribution in [3.63, 3.8) is 0 Å². The third kappa shape index (κ3) is 2.98. The summed E-state index contributed by atoms with van der Waals surface area (Å²) in [5.41, 5.74) is 0.0928. The van der Waals surface area contributed by atoms with Gasteiger partial charge in [0.2, 0.25) is 5.91 Å². The summed E-state index contributed by atoms with van der Waals surface area (Å²) in [6, 6.07) is 0.722. The van der Waals surface area contributed by atoms with Crippen molar-refractivity contribution >= 4 is 5.91 Å². The predicted octanol–water partition coefficient (Wildman–Crippen LogP) is 1.71. The summed E-state index contributed by atoms with van der Waals surface area (Å²) in [5, 5.41) is 3.49. The Labute approximate surface area is 129 Å². The molecule has 3 unspecified atom stereocenters. The molecule has 1 N–H and O–H groups in total. The quantitative estimate of drug-likeness (QED) is 0.799. The average molecular weight is 293 g/mol. The largest absolute Gasteiger partial charge is 0.341 e. The zero-order valence-corrected chi connectivity index (χ0v) is 13.9. The first-order valence-corrected chi connectivity index (χ1v) is 8.71. The summed E-state index contributed by atoms with van der Waals surface area (Å²) in [7, 11) is 2.25. The van der Waals surface area contributed by atoms with Gasteiger partial charge in [0.1, 0.15) is 0 Å². The molecule has 21 heavy (non-hydrogen) atoms. The molecule has 0 spiro atoms. The number of nitrogens with zero attached hydrogens (tertiary/aromatic N) is 2. The van der Waals surface area contributed by atoms with Crippen LogP contribution in [0.1, 0.15) is 46.0 Å². The first kappa shape index (κ1) is 15.3. The van der Waals surface area contributed by atoms with E-state index >= 15 is 0 Å². The third-order valence-corrected chi connectivity index (χ3v) is 6.03. The van der Waals surface area contributed by atoms with Gasteiger partial charge in [-0.05, 0) is 63.6 Å². The number of amides is 1. The van der Waals surface area contributed by atoms with Gasteiger partial charge in [-0.2, -0.15) is 0 Å². The summed E-state index contributed by atoms with van der Waals surface area (Å²) in [5.74, 6) is 1.04. The maximum absolute atomic E-state index is 13.0. The van der Waals surface area contributed by atoms with Crippen molar-refractivity contribution in [1.82, 2.24) is 15.1 Å². The molecule has 0 aliphatic carbocycles. The molecular weight excluding hydrogens is 262 g/mol. The van der Waals surface area contributed by atoms with E-state index in [0.29, 0.717) is 17.9 Å². The molecule has 0 bridgehead atoms. The lowest BCUT2D eigenvalue weighted by Gasteiger charge is -2.48. The van der Waals surface area contributed by atoms with Crippen LogP contribution in [0.15, 0.2) is 0 Å². The standard InChI is InChI=1S/C17H31N3O/c1-17(2)8-5-9-18-15(17)16(21)20-11-7-14-13(12-20)6-4-10-19(14)3/h13-15,18H,4-12H2,1-3H3. The number of fused-ring (bicyclic) bond motifs is 1. The van der Waals surface area contributed by atoms with E-state index in [4.69, 9.17) is 0 Å². The van der Waals surface area contributed by atoms with Gasteiger partial charge in [0.15, 0.2) is 0 Å². The Morgan fingerprint density at radius 3 is 2.76 bits per heavy atom. The van der Waals surface area contributed by atoms with E-state index < -0.39 is 0 Å². The number of nitrogens with one attached hydrogen (secondary N) is 1. The molecule has 3 rings (SSSR count). The summed E-state index contributed by atoms with van der Waals surface area (Å²) < 4.78 is 0. The summed E-state index contributed by atoms with van der Waals surface area (Å²) in [6.45, 7) is 8.61. The predicted molar refractivity (Wildman–Crippen MR) is 85.1 cm³/mol. The SMILES string of the molecule is CN1CCCC2CN(C(=O)C3NCCCC3(C)C)CCC21. The van der Waals surface area contributed by atoms with Crippen LogP contribution in [-0.2, 0) is 4.79 Å². The van der Waals surface area contributed by atoms with E-state index in [9.17, 15) is 4.79 Å². The molecule has 3 aliphatic rings. The van der Waals surface area contributed by atoms with Gasteiger partial charge < -0.3 is 15.1 Å². The Hall–Kier alpha value is -0.610. The van der Waals surface area contributed by atoms with Gasteiger partial charge in [-0.15, -0.1) is 0 Å². The van der Waals surface area contributed by atoms with Crippen molar-refractivity contribution < 1.29 is 4.79 Å². The van der Waals surface area contributed by atoms with E-state index in [2.05, 4.69) is 36.0 Å². The first-order chi connectivity index (χ1) is 9.99. The van der Waals surface area contributed by atoms with Crippen molar-refractivity contribution in [1.29, 1.82) is 0 Å². The minimum absolute atomic E-state index is 0.0177. The zero-order valence-electron chi connectivity index (χ0n) is 13.9. The summed E-state index contributed by atoms with van der Waals surface area (Å²) >= 11 is 0. The first-order valence-electron chi connectivity index (χ1n) is 8.71. The maximum Gasteiger partial charge on any atom is 0.240 e. The molecule has 3 aliphatic heterocycles. The van der Waals surface area contributed by atoms with Crippen LogP contribution in [0.4, 0.5) is 0 Å². The van der Waals surface area contributed by atoms with Crippen LogP contribution < -0.4 is 5.32 Å². The van der Waals surface area contributed by atoms with E-state index in [1.54, 1.807) is 0 Å². The molecule has 1 amide bonds. The van der Waals surface area contributed by atoms with E-state index in [1.807, 2.05) is 0 Å². The van der Waals surface area contributed by atoms with E-state index in [0.717, 1.165) is 32.5 Å². The lowest BCUT2D eigenvalue weighted by atomic mass is 9.76. The second-order valence-corrected chi connectivity index (χ2v) is 8.00. The highest BCUT2D eigenvalue weighted by Gasteiger charge is 2.42. The third-order valence-electron chi connectivity index (χ3n) is 6.03. The van der Waals surface area contributed by atoms with E-state index in [-0.39, 0.29) is 11.5 Å². The number of likely N-dealkylation sites (tertiary alicyclic amines) is 2. The van der Waals surface area contributed by atoms with Gasteiger partial charge in [-0.1, -0.05) is 13.8 Å². The topological polar surface area (TPSA) is 35.6 Å². The highest BCUT2D eigenvalue weighted by Crippen LogP contribution is 2.34. The molecule has 3 heterocycles. The fourth-order valence-corrected chi connectivity index (χ4v) is 4.67. The van der Waals surface area contributed by atoms with Crippen LogP contribution in [0.5, 0.6) is 0 Å². The molecule has 4 heteroatoms. The molecule has 3 atom stereocenters. The molecule has 0 radical (unpaired) electrons. The van der Waals surface area contributed by atoms with Crippen LogP contribution in [0.3, 0.4) is 0 Å². The Kier molecular flexibility index (Phi) is 4.28. The number of rotatable bonds is 1. The number of piperidine rings is 3. The van der Waals surface area contributed by atoms with Crippen molar-refractivity contribution in [2.24, 2.45) is 11.3 Å². The molecule has 4 nitrogen and oxygen atoms in total. The Morgan fingerprint density at radius 2 is 2.00 bits per heavy atom. The maximum atomic E-state index is 13.0. The number of carbonyl (C=O) groups excluding carboxylic acids is 1. The van der Waals surface area contributed by atoms with Crippen LogP contribution in [-0.4, -0.2) is 61.0 Å². The summed E-state index contributed by atoms with van der Waals surface area (Å²) in [6.07, 6.45) is 6.07. The van der Waals surface area contributed by atoms with Gasteiger partial charge in [0, 0.05) is 19.1 Å². The fourth-order valence-electron chi connectivity index (χ4n) is 4.67. The molecular formula is C17H31N3O. The zero-order chi connectivity index (χ0) is 15.0. The van der Waals surface area contributed by atoms with Crippen molar-refractivity contribution in [3.05, 3.63) is 0 Å². The van der Waals surface area contributed by atoms with Crippen LogP contribution in [0.25, 0.3) is 0 Å². The average Bonchev–Trinajstić information content (AvgIpc) is 2.46. The molecule has 0 aromatic heterocycles. The van der Waals surface area contributed by atoms with Crippen molar-refractivity contribution in [3.8, 4) is 0 Å². The molecule has 0 saturated carbocycles. The lowest BCUT2D eigenvalue weighted by Crippen LogP contribution is -2.60. The van der Waals surface area contributed by atoms with Crippen molar-refractivity contribution in [2.45, 2.75) is 58.0 Å². The molecule has 3 saturated heterocycles. The monoisotopic (exact) mass is 293 g/mol. The normalized spacial score (nSPS) is 37.1. The van der Waals surface area contributed by atoms with Crippen molar-refractivity contribution in [2.75, 3.05) is 33.2 Å². The highest BCUT2D eigenvalue weighted by atomic mass is 16.2. The second-order valence-electron chi connectivity index (χ2n) is 8.00. The molecule has 120 valence electrons. The van der Waals surface area contributed by atoms with E-state index in [1.165, 1.54) is 25.8 Å². The van der Waals surface area contributed by atoms with Crippen LogP contribution in [0.2, 0.25) is 0 Å². The molecule has 3 fully saturated rings. The van der Waals surface area contributed by atoms with Gasteiger partial charge in [-0.3, -0.25) is 4.79 Å². The Morgan fingerprint density at radius 1 is 1.19 bits per heavy atom. The van der Waals surface area contributed by atoms with Crippen LogP contribution in [0, 0.1) is 11.3 Å². The number of hydrogen-bond acceptors (Lipinski definition) is 3. The minimum Gasteiger partial charge on any atom is -0.341 e. The second kappa shape index (κ2) is 5.88. The number of carbonyl (C=O) groups is 1. The molecule has 0 aromatic carbocycles. The lowest BCUT2D eigenvalue weighted by molar-refractivity contribution is -0.141. The fraction of sp³-hybridized carbons (Fsp3) is 0.941. The van der Waals surface area contributed by atoms with Crippen LogP contribution >= 0.6 is 0 Å². The Bertz CT molecular complexity index is 395.